The SMILES string of the molecule is C[C@@H]1C[C@H](C)CN(Cc2nc(N)nc(Nc3ccccc3)n2)C1. The third-order valence-corrected chi connectivity index (χ3v) is 4.04. The van der Waals surface area contributed by atoms with Crippen molar-refractivity contribution < 1.29 is 0 Å². The van der Waals surface area contributed by atoms with Crippen LogP contribution < -0.4 is 11.1 Å². The van der Waals surface area contributed by atoms with Gasteiger partial charge < -0.3 is 11.1 Å². The van der Waals surface area contributed by atoms with Gasteiger partial charge in [0.25, 0.3) is 0 Å². The number of likely N-dealkylation sites (tertiary alicyclic amines) is 1. The second kappa shape index (κ2) is 6.91. The molecule has 1 aliphatic rings. The number of nitrogen functional groups attached to an aromatic ring is 1. The van der Waals surface area contributed by atoms with E-state index in [1.807, 2.05) is 30.3 Å². The van der Waals surface area contributed by atoms with Gasteiger partial charge in [0.15, 0.2) is 0 Å². The Morgan fingerprint density at radius 2 is 1.78 bits per heavy atom. The monoisotopic (exact) mass is 312 g/mol. The summed E-state index contributed by atoms with van der Waals surface area (Å²) in [6.07, 6.45) is 1.29. The summed E-state index contributed by atoms with van der Waals surface area (Å²) < 4.78 is 0. The van der Waals surface area contributed by atoms with Crippen LogP contribution in [-0.2, 0) is 6.54 Å². The second-order valence-electron chi connectivity index (χ2n) is 6.56. The molecule has 0 bridgehead atoms. The molecule has 2 heterocycles. The molecular weight excluding hydrogens is 288 g/mol. The minimum Gasteiger partial charge on any atom is -0.368 e. The van der Waals surface area contributed by atoms with E-state index in [2.05, 4.69) is 39.0 Å². The molecule has 23 heavy (non-hydrogen) atoms. The highest BCUT2D eigenvalue weighted by molar-refractivity contribution is 5.53. The van der Waals surface area contributed by atoms with Crippen molar-refractivity contribution in [2.45, 2.75) is 26.8 Å². The number of nitrogens with one attached hydrogen (secondary N) is 1. The van der Waals surface area contributed by atoms with Gasteiger partial charge in [-0.15, -0.1) is 0 Å². The standard InChI is InChI=1S/C17H24N6/c1-12-8-13(2)10-23(9-12)11-15-20-16(18)22-17(21-15)19-14-6-4-3-5-7-14/h3-7,12-13H,8-11H2,1-2H3,(H3,18,19,20,21,22)/t12-,13+. The van der Waals surface area contributed by atoms with E-state index >= 15 is 0 Å². The molecule has 0 aliphatic carbocycles. The minimum atomic E-state index is 0.256. The first-order valence-electron chi connectivity index (χ1n) is 8.13. The number of anilines is 3. The normalized spacial score (nSPS) is 22.0. The molecule has 0 unspecified atom stereocenters. The Bertz CT molecular complexity index is 635. The highest BCUT2D eigenvalue weighted by Crippen LogP contribution is 2.22. The van der Waals surface area contributed by atoms with E-state index in [0.717, 1.165) is 24.6 Å². The Kier molecular flexibility index (Phi) is 4.71. The lowest BCUT2D eigenvalue weighted by molar-refractivity contribution is 0.131. The summed E-state index contributed by atoms with van der Waals surface area (Å²) >= 11 is 0. The van der Waals surface area contributed by atoms with E-state index in [0.29, 0.717) is 24.3 Å². The second-order valence-corrected chi connectivity index (χ2v) is 6.56. The largest absolute Gasteiger partial charge is 0.368 e. The molecule has 1 aliphatic heterocycles. The highest BCUT2D eigenvalue weighted by Gasteiger charge is 2.22. The molecule has 1 aromatic heterocycles. The molecule has 2 aromatic rings. The summed E-state index contributed by atoms with van der Waals surface area (Å²) in [4.78, 5) is 15.4. The molecule has 1 saturated heterocycles. The maximum atomic E-state index is 5.85. The van der Waals surface area contributed by atoms with Crippen LogP contribution in [0.4, 0.5) is 17.6 Å². The number of nitrogens with zero attached hydrogens (tertiary/aromatic N) is 4. The third kappa shape index (κ3) is 4.39. The van der Waals surface area contributed by atoms with E-state index in [1.54, 1.807) is 0 Å². The molecule has 0 radical (unpaired) electrons. The first kappa shape index (κ1) is 15.7. The summed E-state index contributed by atoms with van der Waals surface area (Å²) in [5, 5.41) is 3.18. The lowest BCUT2D eigenvalue weighted by atomic mass is 9.92. The zero-order valence-corrected chi connectivity index (χ0v) is 13.7. The molecule has 0 amide bonds. The van der Waals surface area contributed by atoms with Crippen LogP contribution in [0, 0.1) is 11.8 Å². The highest BCUT2D eigenvalue weighted by atomic mass is 15.2. The van der Waals surface area contributed by atoms with Gasteiger partial charge in [-0.25, -0.2) is 0 Å². The summed E-state index contributed by atoms with van der Waals surface area (Å²) in [7, 11) is 0. The molecule has 1 fully saturated rings. The van der Waals surface area contributed by atoms with Gasteiger partial charge in [-0.1, -0.05) is 32.0 Å². The maximum Gasteiger partial charge on any atom is 0.232 e. The molecule has 1 aromatic carbocycles. The fourth-order valence-electron chi connectivity index (χ4n) is 3.34. The van der Waals surface area contributed by atoms with Crippen molar-refractivity contribution in [1.29, 1.82) is 0 Å². The fourth-order valence-corrected chi connectivity index (χ4v) is 3.34. The van der Waals surface area contributed by atoms with E-state index < -0.39 is 0 Å². The van der Waals surface area contributed by atoms with Crippen LogP contribution >= 0.6 is 0 Å². The van der Waals surface area contributed by atoms with Crippen molar-refractivity contribution in [3.63, 3.8) is 0 Å². The predicted octanol–water partition coefficient (Wildman–Crippen LogP) is 2.68. The average Bonchev–Trinajstić information content (AvgIpc) is 2.46. The van der Waals surface area contributed by atoms with Crippen LogP contribution in [0.5, 0.6) is 0 Å². The number of aromatic nitrogens is 3. The smallest absolute Gasteiger partial charge is 0.232 e. The van der Waals surface area contributed by atoms with Crippen molar-refractivity contribution in [1.82, 2.24) is 19.9 Å². The van der Waals surface area contributed by atoms with E-state index in [-0.39, 0.29) is 5.95 Å². The van der Waals surface area contributed by atoms with Gasteiger partial charge in [-0.3, -0.25) is 4.90 Å². The number of nitrogens with two attached hydrogens (primary N) is 1. The zero-order valence-electron chi connectivity index (χ0n) is 13.7. The molecule has 6 heteroatoms. The number of rotatable bonds is 4. The van der Waals surface area contributed by atoms with Crippen LogP contribution in [0.1, 0.15) is 26.1 Å². The molecule has 122 valence electrons. The number of piperidine rings is 1. The van der Waals surface area contributed by atoms with Crippen molar-refractivity contribution in [2.24, 2.45) is 11.8 Å². The fraction of sp³-hybridized carbons (Fsp3) is 0.471. The van der Waals surface area contributed by atoms with Gasteiger partial charge in [-0.2, -0.15) is 15.0 Å². The Labute approximate surface area is 137 Å². The van der Waals surface area contributed by atoms with Crippen molar-refractivity contribution >= 4 is 17.6 Å². The number of benzene rings is 1. The quantitative estimate of drug-likeness (QED) is 0.903. The zero-order chi connectivity index (χ0) is 16.2. The maximum absolute atomic E-state index is 5.85. The summed E-state index contributed by atoms with van der Waals surface area (Å²) in [6.45, 7) is 7.47. The first-order valence-corrected chi connectivity index (χ1v) is 8.13. The van der Waals surface area contributed by atoms with E-state index in [9.17, 15) is 0 Å². The molecule has 0 spiro atoms. The Morgan fingerprint density at radius 1 is 1.09 bits per heavy atom. The summed E-state index contributed by atoms with van der Waals surface area (Å²) in [6, 6.07) is 9.83. The van der Waals surface area contributed by atoms with Gasteiger partial charge in [0.05, 0.1) is 6.54 Å². The van der Waals surface area contributed by atoms with Crippen molar-refractivity contribution in [2.75, 3.05) is 24.1 Å². The molecule has 3 N–H and O–H groups in total. The van der Waals surface area contributed by atoms with Crippen LogP contribution in [0.2, 0.25) is 0 Å². The Hall–Kier alpha value is -2.21. The summed E-state index contributed by atoms with van der Waals surface area (Å²) in [5.74, 6) is 2.89. The van der Waals surface area contributed by atoms with Crippen LogP contribution in [0.15, 0.2) is 30.3 Å². The topological polar surface area (TPSA) is 80.0 Å². The number of hydrogen-bond acceptors (Lipinski definition) is 6. The number of para-hydroxylation sites is 1. The molecule has 2 atom stereocenters. The molecule has 3 rings (SSSR count). The predicted molar refractivity (Wildman–Crippen MR) is 92.2 cm³/mol. The summed E-state index contributed by atoms with van der Waals surface area (Å²) in [5.41, 5.74) is 6.79. The number of hydrogen-bond donors (Lipinski definition) is 2. The first-order chi connectivity index (χ1) is 11.1. The van der Waals surface area contributed by atoms with Gasteiger partial charge in [0.2, 0.25) is 11.9 Å². The lowest BCUT2D eigenvalue weighted by Crippen LogP contribution is -2.38. The van der Waals surface area contributed by atoms with Gasteiger partial charge in [0, 0.05) is 18.8 Å². The van der Waals surface area contributed by atoms with Crippen molar-refractivity contribution in [3.8, 4) is 0 Å². The molecule has 0 saturated carbocycles. The Balaban J connectivity index is 1.72. The minimum absolute atomic E-state index is 0.256. The van der Waals surface area contributed by atoms with E-state index in [4.69, 9.17) is 5.73 Å². The lowest BCUT2D eigenvalue weighted by Gasteiger charge is -2.34. The molecular formula is C17H24N6. The van der Waals surface area contributed by atoms with Crippen LogP contribution in [0.3, 0.4) is 0 Å². The van der Waals surface area contributed by atoms with Gasteiger partial charge in [0.1, 0.15) is 5.82 Å². The van der Waals surface area contributed by atoms with Crippen molar-refractivity contribution in [3.05, 3.63) is 36.2 Å². The van der Waals surface area contributed by atoms with Crippen LogP contribution in [-0.4, -0.2) is 32.9 Å². The average molecular weight is 312 g/mol. The van der Waals surface area contributed by atoms with Gasteiger partial charge >= 0.3 is 0 Å². The van der Waals surface area contributed by atoms with Gasteiger partial charge in [-0.05, 0) is 30.4 Å². The van der Waals surface area contributed by atoms with E-state index in [1.165, 1.54) is 6.42 Å². The van der Waals surface area contributed by atoms with Crippen LogP contribution in [0.25, 0.3) is 0 Å². The third-order valence-electron chi connectivity index (χ3n) is 4.04. The Morgan fingerprint density at radius 3 is 2.48 bits per heavy atom. The molecule has 6 nitrogen and oxygen atoms in total.